The van der Waals surface area contributed by atoms with E-state index in [-0.39, 0.29) is 0 Å². The summed E-state index contributed by atoms with van der Waals surface area (Å²) >= 11 is 2.36. The van der Waals surface area contributed by atoms with Crippen molar-refractivity contribution >= 4 is 46.0 Å². The van der Waals surface area contributed by atoms with Crippen LogP contribution < -0.4 is 5.32 Å². The summed E-state index contributed by atoms with van der Waals surface area (Å²) in [5.41, 5.74) is 6.30. The minimum absolute atomic E-state index is 1.17. The summed E-state index contributed by atoms with van der Waals surface area (Å²) in [4.78, 5) is 0. The first-order chi connectivity index (χ1) is 9.28. The number of benzene rings is 2. The van der Waals surface area contributed by atoms with Crippen LogP contribution in [0.1, 0.15) is 16.7 Å². The summed E-state index contributed by atoms with van der Waals surface area (Å²) in [6, 6.07) is 15.0. The molecule has 94 valence electrons. The molecule has 0 radical (unpaired) electrons. The van der Waals surface area contributed by atoms with Gasteiger partial charge in [-0.25, -0.2) is 0 Å². The number of anilines is 1. The van der Waals surface area contributed by atoms with Gasteiger partial charge >= 0.3 is 0 Å². The van der Waals surface area contributed by atoms with Gasteiger partial charge in [0.2, 0.25) is 0 Å². The predicted octanol–water partition coefficient (Wildman–Crippen LogP) is 4.90. The smallest absolute Gasteiger partial charge is 0.0473 e. The molecule has 2 aromatic carbocycles. The molecule has 0 saturated heterocycles. The zero-order chi connectivity index (χ0) is 13.2. The Balaban J connectivity index is 2.00. The van der Waals surface area contributed by atoms with E-state index < -0.39 is 0 Å². The number of fused-ring (bicyclic) bond motifs is 1. The number of rotatable bonds is 2. The fourth-order valence-electron chi connectivity index (χ4n) is 2.30. The van der Waals surface area contributed by atoms with Crippen molar-refractivity contribution in [2.45, 2.75) is 0 Å². The molecule has 1 nitrogen and oxygen atoms in total. The minimum Gasteiger partial charge on any atom is -0.387 e. The molecule has 0 aliphatic heterocycles. The maximum absolute atomic E-state index is 3.19. The van der Waals surface area contributed by atoms with Gasteiger partial charge in [0, 0.05) is 16.3 Å². The zero-order valence-electron chi connectivity index (χ0n) is 10.7. The van der Waals surface area contributed by atoms with Gasteiger partial charge in [0.05, 0.1) is 0 Å². The molecule has 0 aromatic heterocycles. The molecule has 0 fully saturated rings. The molecule has 19 heavy (non-hydrogen) atoms. The average Bonchev–Trinajstić information content (AvgIpc) is 2.83. The van der Waals surface area contributed by atoms with Crippen molar-refractivity contribution < 1.29 is 0 Å². The highest BCUT2D eigenvalue weighted by atomic mass is 127. The first-order valence-electron chi connectivity index (χ1n) is 6.24. The molecule has 0 unspecified atom stereocenters. The van der Waals surface area contributed by atoms with Gasteiger partial charge in [0.15, 0.2) is 0 Å². The van der Waals surface area contributed by atoms with Crippen LogP contribution in [-0.4, -0.2) is 7.05 Å². The lowest BCUT2D eigenvalue weighted by Gasteiger charge is -2.05. The van der Waals surface area contributed by atoms with E-state index >= 15 is 0 Å². The standard InChI is InChI=1S/C17H14IN/c1-19-17-9-6-12(11-16(17)18)10-14-8-7-13-4-2-3-5-15(13)14/h2-11,19H,1H3/b14-10+. The normalized spacial score (nSPS) is 14.7. The van der Waals surface area contributed by atoms with Crippen molar-refractivity contribution in [2.75, 3.05) is 12.4 Å². The van der Waals surface area contributed by atoms with Gasteiger partial charge in [-0.2, -0.15) is 0 Å². The molecule has 2 aromatic rings. The maximum Gasteiger partial charge on any atom is 0.0473 e. The Bertz CT molecular complexity index is 683. The lowest BCUT2D eigenvalue weighted by Crippen LogP contribution is -1.91. The van der Waals surface area contributed by atoms with Crippen LogP contribution in [0.2, 0.25) is 0 Å². The minimum atomic E-state index is 1.17. The Kier molecular flexibility index (Phi) is 3.42. The molecule has 0 heterocycles. The second kappa shape index (κ2) is 5.21. The maximum atomic E-state index is 3.19. The van der Waals surface area contributed by atoms with Gasteiger partial charge in [-0.1, -0.05) is 42.5 Å². The molecule has 0 spiro atoms. The fourth-order valence-corrected chi connectivity index (χ4v) is 3.11. The molecule has 1 N–H and O–H groups in total. The summed E-state index contributed by atoms with van der Waals surface area (Å²) in [5, 5.41) is 3.19. The van der Waals surface area contributed by atoms with Gasteiger partial charge in [-0.15, -0.1) is 0 Å². The summed E-state index contributed by atoms with van der Waals surface area (Å²) in [7, 11) is 1.95. The summed E-state index contributed by atoms with van der Waals surface area (Å²) in [6.07, 6.45) is 6.60. The Morgan fingerprint density at radius 1 is 1.05 bits per heavy atom. The van der Waals surface area contributed by atoms with E-state index in [1.807, 2.05) is 7.05 Å². The topological polar surface area (TPSA) is 12.0 Å². The quantitative estimate of drug-likeness (QED) is 0.752. The van der Waals surface area contributed by atoms with E-state index in [9.17, 15) is 0 Å². The Hall–Kier alpha value is -1.55. The highest BCUT2D eigenvalue weighted by Gasteiger charge is 2.09. The van der Waals surface area contributed by atoms with Crippen LogP contribution in [0.3, 0.4) is 0 Å². The predicted molar refractivity (Wildman–Crippen MR) is 92.1 cm³/mol. The van der Waals surface area contributed by atoms with Crippen molar-refractivity contribution in [3.63, 3.8) is 0 Å². The second-order valence-electron chi connectivity index (χ2n) is 4.51. The van der Waals surface area contributed by atoms with Crippen LogP contribution in [0, 0.1) is 3.57 Å². The third-order valence-electron chi connectivity index (χ3n) is 3.30. The zero-order valence-corrected chi connectivity index (χ0v) is 12.8. The highest BCUT2D eigenvalue weighted by molar-refractivity contribution is 14.1. The Morgan fingerprint density at radius 3 is 2.68 bits per heavy atom. The van der Waals surface area contributed by atoms with E-state index in [1.54, 1.807) is 0 Å². The first kappa shape index (κ1) is 12.5. The van der Waals surface area contributed by atoms with Crippen molar-refractivity contribution in [1.29, 1.82) is 0 Å². The van der Waals surface area contributed by atoms with Crippen molar-refractivity contribution in [3.05, 3.63) is 68.8 Å². The van der Waals surface area contributed by atoms with E-state index in [0.717, 1.165) is 0 Å². The van der Waals surface area contributed by atoms with Gasteiger partial charge in [0.25, 0.3) is 0 Å². The largest absolute Gasteiger partial charge is 0.387 e. The lowest BCUT2D eigenvalue weighted by atomic mass is 10.0. The van der Waals surface area contributed by atoms with Crippen molar-refractivity contribution in [1.82, 2.24) is 0 Å². The number of hydrogen-bond acceptors (Lipinski definition) is 1. The molecule has 0 atom stereocenters. The number of hydrogen-bond donors (Lipinski definition) is 1. The van der Waals surface area contributed by atoms with Crippen LogP contribution in [0.4, 0.5) is 5.69 Å². The van der Waals surface area contributed by atoms with Crippen LogP contribution >= 0.6 is 22.6 Å². The molecular weight excluding hydrogens is 345 g/mol. The molecule has 1 aliphatic rings. The summed E-state index contributed by atoms with van der Waals surface area (Å²) in [6.45, 7) is 0. The third kappa shape index (κ3) is 2.45. The lowest BCUT2D eigenvalue weighted by molar-refractivity contribution is 1.47. The Morgan fingerprint density at radius 2 is 1.89 bits per heavy atom. The van der Waals surface area contributed by atoms with E-state index in [4.69, 9.17) is 0 Å². The molecule has 0 bridgehead atoms. The molecule has 0 saturated carbocycles. The average molecular weight is 359 g/mol. The van der Waals surface area contributed by atoms with Crippen LogP contribution in [0.5, 0.6) is 0 Å². The van der Waals surface area contributed by atoms with Gasteiger partial charge < -0.3 is 5.32 Å². The fraction of sp³-hybridized carbons (Fsp3) is 0.0588. The van der Waals surface area contributed by atoms with Crippen LogP contribution in [0.15, 0.2) is 48.5 Å². The number of allylic oxidation sites excluding steroid dienone is 2. The van der Waals surface area contributed by atoms with Gasteiger partial charge in [-0.3, -0.25) is 0 Å². The van der Waals surface area contributed by atoms with E-state index in [1.165, 1.54) is 31.5 Å². The van der Waals surface area contributed by atoms with Gasteiger partial charge in [0.1, 0.15) is 0 Å². The second-order valence-corrected chi connectivity index (χ2v) is 5.67. The SMILES string of the molecule is CNc1ccc(/C=C2\C=Cc3ccccc32)cc1I. The van der Waals surface area contributed by atoms with Gasteiger partial charge in [-0.05, 0) is 63.1 Å². The number of nitrogens with one attached hydrogen (secondary N) is 1. The first-order valence-corrected chi connectivity index (χ1v) is 7.32. The van der Waals surface area contributed by atoms with Crippen LogP contribution in [0.25, 0.3) is 17.7 Å². The summed E-state index contributed by atoms with van der Waals surface area (Å²) < 4.78 is 1.24. The third-order valence-corrected chi connectivity index (χ3v) is 4.19. The summed E-state index contributed by atoms with van der Waals surface area (Å²) in [5.74, 6) is 0. The molecular formula is C17H14IN. The molecule has 1 aliphatic carbocycles. The van der Waals surface area contributed by atoms with Crippen molar-refractivity contribution in [3.8, 4) is 0 Å². The van der Waals surface area contributed by atoms with E-state index in [0.29, 0.717) is 0 Å². The monoisotopic (exact) mass is 359 g/mol. The molecule has 0 amide bonds. The molecule has 3 rings (SSSR count). The molecule has 2 heteroatoms. The van der Waals surface area contributed by atoms with Crippen molar-refractivity contribution in [2.24, 2.45) is 0 Å². The highest BCUT2D eigenvalue weighted by Crippen LogP contribution is 2.31. The Labute approximate surface area is 127 Å². The van der Waals surface area contributed by atoms with E-state index in [2.05, 4.69) is 88.6 Å². The number of halogens is 1. The van der Waals surface area contributed by atoms with Crippen LogP contribution in [-0.2, 0) is 0 Å².